The van der Waals surface area contributed by atoms with E-state index in [1.165, 1.54) is 16.4 Å². The van der Waals surface area contributed by atoms with E-state index in [2.05, 4.69) is 5.16 Å². The second-order valence-electron chi connectivity index (χ2n) is 4.67. The standard InChI is InChI=1S/C12H12N2O5S/c15-12(16)11-9-6-14(7-10(9)19-13-11)20(17,18)8-4-2-1-3-5-8/h1-5,9-10H,6-7H2,(H-,15,16,17,18). The van der Waals surface area contributed by atoms with Crippen molar-refractivity contribution >= 4 is 22.1 Å². The molecule has 3 atom stereocenters. The van der Waals surface area contributed by atoms with E-state index in [1.807, 2.05) is 0 Å². The third kappa shape index (κ3) is 2.01. The Morgan fingerprint density at radius 3 is 2.75 bits per heavy atom. The molecule has 3 unspecified atom stereocenters. The lowest BCUT2D eigenvalue weighted by Crippen LogP contribution is -2.36. The van der Waals surface area contributed by atoms with Gasteiger partial charge in [-0.15, -0.1) is 4.31 Å². The van der Waals surface area contributed by atoms with Gasteiger partial charge in [0, 0.05) is 0 Å². The van der Waals surface area contributed by atoms with Crippen molar-refractivity contribution in [3.05, 3.63) is 30.3 Å². The zero-order chi connectivity index (χ0) is 14.3. The van der Waals surface area contributed by atoms with Gasteiger partial charge in [0.2, 0.25) is 0 Å². The molecule has 2 aliphatic rings. The fourth-order valence-corrected chi connectivity index (χ4v) is 3.94. The molecule has 0 amide bonds. The fourth-order valence-electron chi connectivity index (χ4n) is 2.44. The highest BCUT2D eigenvalue weighted by molar-refractivity contribution is 7.95. The van der Waals surface area contributed by atoms with Gasteiger partial charge in [-0.25, -0.2) is 4.79 Å². The van der Waals surface area contributed by atoms with Crippen molar-refractivity contribution in [3.63, 3.8) is 0 Å². The van der Waals surface area contributed by atoms with Crippen LogP contribution in [0.1, 0.15) is 0 Å². The number of sulfonamides is 1. The van der Waals surface area contributed by atoms with E-state index < -0.39 is 28.4 Å². The van der Waals surface area contributed by atoms with E-state index in [4.69, 9.17) is 9.94 Å². The Labute approximate surface area is 116 Å². The smallest absolute Gasteiger partial charge is 0.354 e. The summed E-state index contributed by atoms with van der Waals surface area (Å²) in [4.78, 5) is 16.2. The third-order valence-electron chi connectivity index (χ3n) is 3.47. The van der Waals surface area contributed by atoms with Gasteiger partial charge in [0.15, 0.2) is 27.1 Å². The molecule has 0 spiro atoms. The molecular weight excluding hydrogens is 284 g/mol. The molecular formula is C12H12N2O5S. The van der Waals surface area contributed by atoms with Gasteiger partial charge in [-0.1, -0.05) is 27.6 Å². The van der Waals surface area contributed by atoms with Gasteiger partial charge in [0.25, 0.3) is 0 Å². The highest BCUT2D eigenvalue weighted by atomic mass is 32.3. The maximum absolute atomic E-state index is 12.4. The number of aliphatic carboxylic acids is 1. The van der Waals surface area contributed by atoms with Crippen molar-refractivity contribution < 1.29 is 23.5 Å². The van der Waals surface area contributed by atoms with Gasteiger partial charge < -0.3 is 14.5 Å². The van der Waals surface area contributed by atoms with Gasteiger partial charge in [-0.2, -0.15) is 0 Å². The first-order valence-corrected chi connectivity index (χ1v) is 7.46. The number of fused-ring (bicyclic) bond motifs is 1. The number of benzene rings is 1. The van der Waals surface area contributed by atoms with Crippen LogP contribution < -0.4 is 0 Å². The number of carboxylic acid groups (broad SMARTS) is 1. The molecule has 0 aliphatic carbocycles. The molecule has 20 heavy (non-hydrogen) atoms. The minimum atomic E-state index is -3.62. The van der Waals surface area contributed by atoms with Crippen LogP contribution in [0.5, 0.6) is 0 Å². The van der Waals surface area contributed by atoms with Crippen LogP contribution in [0.25, 0.3) is 0 Å². The van der Waals surface area contributed by atoms with Crippen molar-refractivity contribution in [3.8, 4) is 0 Å². The van der Waals surface area contributed by atoms with Crippen molar-refractivity contribution in [2.24, 2.45) is 11.1 Å². The van der Waals surface area contributed by atoms with E-state index in [0.717, 1.165) is 0 Å². The van der Waals surface area contributed by atoms with E-state index in [-0.39, 0.29) is 23.7 Å². The average molecular weight is 296 g/mol. The van der Waals surface area contributed by atoms with E-state index in [0.29, 0.717) is 0 Å². The Bertz CT molecular complexity index is 618. The molecule has 2 heterocycles. The second kappa shape index (κ2) is 4.65. The van der Waals surface area contributed by atoms with Crippen LogP contribution in [0.4, 0.5) is 0 Å². The molecule has 0 saturated carbocycles. The van der Waals surface area contributed by atoms with Gasteiger partial charge in [-0.05, 0) is 12.1 Å². The molecule has 1 fully saturated rings. The SMILES string of the molecule is O=C(O)C1=NOC2CN([S+](=O)([O-])c3ccccc3)CC12. The van der Waals surface area contributed by atoms with Crippen molar-refractivity contribution in [2.75, 3.05) is 13.1 Å². The molecule has 7 nitrogen and oxygen atoms in total. The Morgan fingerprint density at radius 2 is 2.10 bits per heavy atom. The van der Waals surface area contributed by atoms with E-state index in [9.17, 15) is 13.6 Å². The highest BCUT2D eigenvalue weighted by Gasteiger charge is 2.50. The Hall–Kier alpha value is -1.77. The second-order valence-corrected chi connectivity index (χ2v) is 6.61. The predicted octanol–water partition coefficient (Wildman–Crippen LogP) is 0.362. The Morgan fingerprint density at radius 1 is 1.40 bits per heavy atom. The molecule has 3 rings (SSSR count). The van der Waals surface area contributed by atoms with Gasteiger partial charge >= 0.3 is 5.97 Å². The maximum Gasteiger partial charge on any atom is 0.354 e. The molecule has 8 heteroatoms. The van der Waals surface area contributed by atoms with Crippen LogP contribution in [-0.2, 0) is 24.2 Å². The largest absolute Gasteiger partial charge is 0.593 e. The lowest BCUT2D eigenvalue weighted by molar-refractivity contribution is -0.129. The quantitative estimate of drug-likeness (QED) is 0.811. The molecule has 0 radical (unpaired) electrons. The number of carbonyl (C=O) groups is 1. The fraction of sp³-hybridized carbons (Fsp3) is 0.333. The maximum atomic E-state index is 12.4. The first-order chi connectivity index (χ1) is 9.50. The van der Waals surface area contributed by atoms with Gasteiger partial charge in [-0.3, -0.25) is 0 Å². The molecule has 1 aromatic rings. The summed E-state index contributed by atoms with van der Waals surface area (Å²) in [6.45, 7) is 0.190. The molecule has 1 N–H and O–H groups in total. The lowest BCUT2D eigenvalue weighted by atomic mass is 10.0. The highest BCUT2D eigenvalue weighted by Crippen LogP contribution is 2.33. The molecule has 1 aromatic carbocycles. The predicted molar refractivity (Wildman–Crippen MR) is 68.5 cm³/mol. The summed E-state index contributed by atoms with van der Waals surface area (Å²) in [5.74, 6) is -1.68. The number of oxime groups is 1. The van der Waals surface area contributed by atoms with Crippen molar-refractivity contribution in [2.45, 2.75) is 11.0 Å². The van der Waals surface area contributed by atoms with Crippen LogP contribution >= 0.6 is 0 Å². The monoisotopic (exact) mass is 296 g/mol. The molecule has 1 saturated heterocycles. The first kappa shape index (κ1) is 13.2. The van der Waals surface area contributed by atoms with Crippen molar-refractivity contribution in [1.82, 2.24) is 4.31 Å². The van der Waals surface area contributed by atoms with Crippen LogP contribution in [0.3, 0.4) is 0 Å². The summed E-state index contributed by atoms with van der Waals surface area (Å²) < 4.78 is 26.1. The summed E-state index contributed by atoms with van der Waals surface area (Å²) in [5, 5.41) is 12.5. The van der Waals surface area contributed by atoms with Crippen LogP contribution in [0.2, 0.25) is 0 Å². The number of carboxylic acids is 1. The van der Waals surface area contributed by atoms with E-state index in [1.54, 1.807) is 18.2 Å². The Balaban J connectivity index is 1.83. The number of nitrogens with zero attached hydrogens (tertiary/aromatic N) is 2. The molecule has 106 valence electrons. The van der Waals surface area contributed by atoms with E-state index >= 15 is 0 Å². The summed E-state index contributed by atoms with van der Waals surface area (Å²) in [6.07, 6.45) is -0.514. The first-order valence-electron chi connectivity index (χ1n) is 6.02. The van der Waals surface area contributed by atoms with Gasteiger partial charge in [0.1, 0.15) is 0 Å². The van der Waals surface area contributed by atoms with Crippen molar-refractivity contribution in [1.29, 1.82) is 0 Å². The third-order valence-corrected chi connectivity index (χ3v) is 5.32. The average Bonchev–Trinajstić information content (AvgIpc) is 2.99. The normalized spacial score (nSPS) is 28.4. The molecule has 0 bridgehead atoms. The lowest BCUT2D eigenvalue weighted by Gasteiger charge is -2.23. The van der Waals surface area contributed by atoms with Gasteiger partial charge in [0.05, 0.1) is 19.0 Å². The summed E-state index contributed by atoms with van der Waals surface area (Å²) in [5.41, 5.74) is -0.110. The number of hydrogen-bond acceptors (Lipinski definition) is 5. The minimum Gasteiger partial charge on any atom is -0.593 e. The van der Waals surface area contributed by atoms with Crippen LogP contribution in [0.15, 0.2) is 40.4 Å². The zero-order valence-electron chi connectivity index (χ0n) is 10.3. The minimum absolute atomic E-state index is 0.0764. The van der Waals surface area contributed by atoms with Crippen LogP contribution in [0, 0.1) is 5.92 Å². The number of hydrogen-bond donors (Lipinski definition) is 1. The Kier molecular flexibility index (Phi) is 3.08. The summed E-state index contributed by atoms with van der Waals surface area (Å²) in [7, 11) is -3.62. The topological polar surface area (TPSA) is 102 Å². The summed E-state index contributed by atoms with van der Waals surface area (Å²) >= 11 is 0. The summed E-state index contributed by atoms with van der Waals surface area (Å²) in [6, 6.07) is 8.04. The number of rotatable bonds is 3. The van der Waals surface area contributed by atoms with Crippen LogP contribution in [-0.4, -0.2) is 44.8 Å². The molecule has 2 aliphatic heterocycles. The zero-order valence-corrected chi connectivity index (χ0v) is 11.2. The molecule has 0 aromatic heterocycles.